The van der Waals surface area contributed by atoms with Crippen LogP contribution in [0.1, 0.15) is 46.9 Å². The summed E-state index contributed by atoms with van der Waals surface area (Å²) in [7, 11) is 1.44. The van der Waals surface area contributed by atoms with Crippen molar-refractivity contribution >= 4 is 23.3 Å². The zero-order valence-electron chi connectivity index (χ0n) is 18.9. The molecule has 1 saturated carbocycles. The highest BCUT2D eigenvalue weighted by atomic mass is 19.1. The lowest BCUT2D eigenvalue weighted by Crippen LogP contribution is -2.19. The average Bonchev–Trinajstić information content (AvgIpc) is 3.51. The van der Waals surface area contributed by atoms with Gasteiger partial charge in [-0.1, -0.05) is 24.3 Å². The second-order valence-corrected chi connectivity index (χ2v) is 8.61. The fraction of sp³-hybridized carbons (Fsp3) is 0.185. The highest BCUT2D eigenvalue weighted by molar-refractivity contribution is 5.94. The molecule has 34 heavy (non-hydrogen) atoms. The van der Waals surface area contributed by atoms with Gasteiger partial charge in [-0.15, -0.1) is 0 Å². The number of fused-ring (bicyclic) bond motifs is 1. The van der Waals surface area contributed by atoms with Crippen LogP contribution in [0.5, 0.6) is 0 Å². The highest BCUT2D eigenvalue weighted by Crippen LogP contribution is 2.54. The van der Waals surface area contributed by atoms with Gasteiger partial charge in [-0.05, 0) is 66.8 Å². The number of nitrogen functional groups attached to an aromatic ring is 1. The number of carbonyl (C=O) groups is 1. The monoisotopic (exact) mass is 458 g/mol. The molecular weight excluding hydrogens is 434 g/mol. The Labute approximate surface area is 195 Å². The van der Waals surface area contributed by atoms with Gasteiger partial charge in [-0.25, -0.2) is 13.8 Å². The summed E-state index contributed by atoms with van der Waals surface area (Å²) >= 11 is 0. The molecule has 172 valence electrons. The van der Waals surface area contributed by atoms with Crippen LogP contribution in [0, 0.1) is 11.6 Å². The Bertz CT molecular complexity index is 1470. The van der Waals surface area contributed by atoms with Crippen LogP contribution >= 0.6 is 0 Å². The largest absolute Gasteiger partial charge is 0.398 e. The minimum Gasteiger partial charge on any atom is -0.398 e. The van der Waals surface area contributed by atoms with E-state index in [1.165, 1.54) is 25.2 Å². The molecule has 1 fully saturated rings. The normalized spacial score (nSPS) is 14.6. The van der Waals surface area contributed by atoms with Crippen molar-refractivity contribution in [2.24, 2.45) is 0 Å². The molecule has 2 aromatic carbocycles. The van der Waals surface area contributed by atoms with Gasteiger partial charge in [-0.3, -0.25) is 4.79 Å². The Morgan fingerprint density at radius 2 is 1.88 bits per heavy atom. The van der Waals surface area contributed by atoms with E-state index in [0.29, 0.717) is 16.8 Å². The molecule has 0 radical (unpaired) electrons. The number of imidazole rings is 1. The molecule has 1 aliphatic rings. The van der Waals surface area contributed by atoms with Crippen molar-refractivity contribution in [3.8, 4) is 11.1 Å². The SMILES string of the molecule is C/C=C\c1cc(C2(c3cnc4c(F)cc(-c5ccc(C(=O)NC)c(F)c5)cn34)CC2)ccc1N. The van der Waals surface area contributed by atoms with Crippen LogP contribution in [-0.4, -0.2) is 22.3 Å². The van der Waals surface area contributed by atoms with E-state index in [2.05, 4.69) is 16.4 Å². The highest BCUT2D eigenvalue weighted by Gasteiger charge is 2.48. The molecule has 0 bridgehead atoms. The second-order valence-electron chi connectivity index (χ2n) is 8.61. The van der Waals surface area contributed by atoms with E-state index in [1.54, 1.807) is 22.9 Å². The van der Waals surface area contributed by atoms with Crippen LogP contribution in [0.3, 0.4) is 0 Å². The van der Waals surface area contributed by atoms with Gasteiger partial charge in [0.15, 0.2) is 11.5 Å². The number of nitrogens with one attached hydrogen (secondary N) is 1. The summed E-state index contributed by atoms with van der Waals surface area (Å²) in [5.74, 6) is -1.68. The van der Waals surface area contributed by atoms with Crippen LogP contribution in [0.25, 0.3) is 22.9 Å². The Kier molecular flexibility index (Phi) is 5.20. The van der Waals surface area contributed by atoms with E-state index in [0.717, 1.165) is 29.7 Å². The number of amides is 1. The number of hydrogen-bond donors (Lipinski definition) is 2. The van der Waals surface area contributed by atoms with E-state index in [4.69, 9.17) is 5.73 Å². The first-order chi connectivity index (χ1) is 16.4. The number of aromatic nitrogens is 2. The number of anilines is 1. The van der Waals surface area contributed by atoms with Gasteiger partial charge in [0.25, 0.3) is 5.91 Å². The maximum Gasteiger partial charge on any atom is 0.253 e. The Morgan fingerprint density at radius 3 is 2.56 bits per heavy atom. The van der Waals surface area contributed by atoms with Crippen molar-refractivity contribution in [1.29, 1.82) is 0 Å². The molecule has 0 spiro atoms. The minimum atomic E-state index is -0.666. The van der Waals surface area contributed by atoms with Crippen LogP contribution in [-0.2, 0) is 5.41 Å². The van der Waals surface area contributed by atoms with Gasteiger partial charge in [0.2, 0.25) is 0 Å². The van der Waals surface area contributed by atoms with Crippen molar-refractivity contribution in [3.63, 3.8) is 0 Å². The third-order valence-electron chi connectivity index (χ3n) is 6.56. The van der Waals surface area contributed by atoms with Crippen molar-refractivity contribution in [1.82, 2.24) is 14.7 Å². The number of nitrogens with zero attached hydrogens (tertiary/aromatic N) is 2. The number of rotatable bonds is 5. The number of benzene rings is 2. The molecular formula is C27H24F2N4O. The van der Waals surface area contributed by atoms with Gasteiger partial charge < -0.3 is 15.5 Å². The van der Waals surface area contributed by atoms with Crippen LogP contribution < -0.4 is 11.1 Å². The van der Waals surface area contributed by atoms with Crippen LogP contribution in [0.2, 0.25) is 0 Å². The van der Waals surface area contributed by atoms with E-state index in [1.807, 2.05) is 31.2 Å². The standard InChI is InChI=1S/C27H24F2N4O/c1-3-4-17-11-19(6-8-23(17)30)27(9-10-27)24-14-32-25-22(29)13-18(15-33(24)25)16-5-7-20(21(28)12-16)26(34)31-2/h3-8,11-15H,9-10,30H2,1-2H3,(H,31,34)/b4-3-. The van der Waals surface area contributed by atoms with Crippen molar-refractivity contribution in [2.45, 2.75) is 25.2 Å². The predicted octanol–water partition coefficient (Wildman–Crippen LogP) is 5.33. The molecule has 0 atom stereocenters. The Morgan fingerprint density at radius 1 is 1.12 bits per heavy atom. The number of pyridine rings is 1. The number of halogens is 2. The molecule has 1 amide bonds. The summed E-state index contributed by atoms with van der Waals surface area (Å²) in [6, 6.07) is 11.6. The molecule has 5 rings (SSSR count). The Hall–Kier alpha value is -4.00. The number of nitrogens with two attached hydrogens (primary N) is 1. The fourth-order valence-corrected chi connectivity index (χ4v) is 4.59. The summed E-state index contributed by atoms with van der Waals surface area (Å²) < 4.78 is 31.4. The van der Waals surface area contributed by atoms with Crippen LogP contribution in [0.15, 0.2) is 60.9 Å². The predicted molar refractivity (Wildman–Crippen MR) is 130 cm³/mol. The average molecular weight is 459 g/mol. The molecule has 0 saturated heterocycles. The molecule has 0 unspecified atom stereocenters. The second kappa shape index (κ2) is 8.09. The maximum absolute atomic E-state index is 15.1. The van der Waals surface area contributed by atoms with Gasteiger partial charge in [0, 0.05) is 29.9 Å². The third-order valence-corrected chi connectivity index (χ3v) is 6.56. The quantitative estimate of drug-likeness (QED) is 0.397. The van der Waals surface area contributed by atoms with Crippen molar-refractivity contribution < 1.29 is 13.6 Å². The summed E-state index contributed by atoms with van der Waals surface area (Å²) in [5.41, 5.74) is 10.6. The smallest absolute Gasteiger partial charge is 0.253 e. The van der Waals surface area contributed by atoms with Gasteiger partial charge in [0.05, 0.1) is 17.5 Å². The number of carbonyl (C=O) groups excluding carboxylic acids is 1. The summed E-state index contributed by atoms with van der Waals surface area (Å²) in [6.45, 7) is 1.94. The molecule has 5 nitrogen and oxygen atoms in total. The van der Waals surface area contributed by atoms with Crippen LogP contribution in [0.4, 0.5) is 14.5 Å². The summed E-state index contributed by atoms with van der Waals surface area (Å²) in [6.07, 6.45) is 9.22. The van der Waals surface area contributed by atoms with E-state index >= 15 is 4.39 Å². The summed E-state index contributed by atoms with van der Waals surface area (Å²) in [5, 5.41) is 2.41. The lowest BCUT2D eigenvalue weighted by atomic mass is 9.90. The first kappa shape index (κ1) is 21.8. The fourth-order valence-electron chi connectivity index (χ4n) is 4.59. The van der Waals surface area contributed by atoms with Crippen molar-refractivity contribution in [2.75, 3.05) is 12.8 Å². The summed E-state index contributed by atoms with van der Waals surface area (Å²) in [4.78, 5) is 16.2. The van der Waals surface area contributed by atoms with Crippen molar-refractivity contribution in [3.05, 3.63) is 95.0 Å². The first-order valence-electron chi connectivity index (χ1n) is 11.1. The van der Waals surface area contributed by atoms with E-state index in [9.17, 15) is 9.18 Å². The molecule has 7 heteroatoms. The zero-order valence-corrected chi connectivity index (χ0v) is 18.9. The maximum atomic E-state index is 15.1. The van der Waals surface area contributed by atoms with E-state index < -0.39 is 17.5 Å². The third kappa shape index (κ3) is 3.44. The number of hydrogen-bond acceptors (Lipinski definition) is 3. The first-order valence-corrected chi connectivity index (χ1v) is 11.1. The zero-order chi connectivity index (χ0) is 24.0. The topological polar surface area (TPSA) is 72.4 Å². The molecule has 2 heterocycles. The van der Waals surface area contributed by atoms with Gasteiger partial charge >= 0.3 is 0 Å². The lowest BCUT2D eigenvalue weighted by Gasteiger charge is -2.18. The van der Waals surface area contributed by atoms with Gasteiger partial charge in [-0.2, -0.15) is 0 Å². The molecule has 4 aromatic rings. The Balaban J connectivity index is 1.62. The molecule has 1 aliphatic carbocycles. The minimum absolute atomic E-state index is 0.0617. The molecule has 0 aliphatic heterocycles. The van der Waals surface area contributed by atoms with E-state index in [-0.39, 0.29) is 16.6 Å². The number of allylic oxidation sites excluding steroid dienone is 1. The van der Waals surface area contributed by atoms with Gasteiger partial charge in [0.1, 0.15) is 5.82 Å². The molecule has 2 aromatic heterocycles. The molecule has 3 N–H and O–H groups in total. The lowest BCUT2D eigenvalue weighted by molar-refractivity contribution is 0.0959.